The summed E-state index contributed by atoms with van der Waals surface area (Å²) in [5, 5.41) is 10.4. The van der Waals surface area contributed by atoms with Crippen LogP contribution in [0.5, 0.6) is 0 Å². The molecule has 11 rings (SSSR count). The highest BCUT2D eigenvalue weighted by atomic mass is 32.1. The minimum Gasteiger partial charge on any atom is -0.309 e. The molecule has 4 heteroatoms. The largest absolute Gasteiger partial charge is 0.309 e. The number of hydrogen-bond donors (Lipinski definition) is 0. The Hall–Kier alpha value is -6.62. The van der Waals surface area contributed by atoms with Crippen molar-refractivity contribution >= 4 is 74.9 Å². The molecule has 0 spiro atoms. The van der Waals surface area contributed by atoms with Crippen LogP contribution in [0.4, 0.5) is 0 Å². The van der Waals surface area contributed by atoms with Gasteiger partial charge in [0.15, 0.2) is 5.82 Å². The second-order valence-electron chi connectivity index (χ2n) is 13.3. The van der Waals surface area contributed by atoms with E-state index < -0.39 is 0 Å². The molecule has 0 N–H and O–H groups in total. The van der Waals surface area contributed by atoms with Gasteiger partial charge in [-0.3, -0.25) is 0 Å². The van der Waals surface area contributed by atoms with Gasteiger partial charge in [0.1, 0.15) is 0 Å². The van der Waals surface area contributed by atoms with Crippen molar-refractivity contribution in [2.24, 2.45) is 0 Å². The van der Waals surface area contributed by atoms with Crippen molar-refractivity contribution in [3.05, 3.63) is 176 Å². The summed E-state index contributed by atoms with van der Waals surface area (Å²) in [4.78, 5) is 10.1. The molecule has 0 unspecified atom stereocenters. The minimum absolute atomic E-state index is 0.717. The summed E-state index contributed by atoms with van der Waals surface area (Å²) < 4.78 is 5.14. The predicted molar refractivity (Wildman–Crippen MR) is 221 cm³/mol. The zero-order chi connectivity index (χ0) is 34.2. The molecular weight excluding hydrogens is 651 g/mol. The van der Waals surface area contributed by atoms with E-state index in [2.05, 4.69) is 156 Å². The Morgan fingerprint density at radius 3 is 1.77 bits per heavy atom. The van der Waals surface area contributed by atoms with E-state index >= 15 is 0 Å². The van der Waals surface area contributed by atoms with E-state index in [0.717, 1.165) is 33.8 Å². The Morgan fingerprint density at radius 1 is 0.423 bits per heavy atom. The zero-order valence-electron chi connectivity index (χ0n) is 28.0. The molecule has 0 bridgehead atoms. The molecule has 0 aliphatic carbocycles. The van der Waals surface area contributed by atoms with Crippen LogP contribution < -0.4 is 0 Å². The lowest BCUT2D eigenvalue weighted by molar-refractivity contribution is 1.17. The highest BCUT2D eigenvalue weighted by Gasteiger charge is 2.23. The average Bonchev–Trinajstić information content (AvgIpc) is 3.79. The lowest BCUT2D eigenvalue weighted by Crippen LogP contribution is -1.97. The highest BCUT2D eigenvalue weighted by molar-refractivity contribution is 7.27. The molecule has 0 amide bonds. The van der Waals surface area contributed by atoms with Gasteiger partial charge in [-0.25, -0.2) is 9.97 Å². The number of aromatic nitrogens is 3. The Morgan fingerprint density at radius 2 is 1.02 bits per heavy atom. The van der Waals surface area contributed by atoms with Gasteiger partial charge < -0.3 is 4.57 Å². The van der Waals surface area contributed by atoms with Crippen molar-refractivity contribution < 1.29 is 0 Å². The van der Waals surface area contributed by atoms with Crippen molar-refractivity contribution in [1.82, 2.24) is 14.5 Å². The molecular formula is C48H29N3S. The molecule has 0 saturated heterocycles. The maximum Gasteiger partial charge on any atom is 0.160 e. The average molecular weight is 680 g/mol. The Balaban J connectivity index is 1.19. The lowest BCUT2D eigenvalue weighted by atomic mass is 9.98. The van der Waals surface area contributed by atoms with Gasteiger partial charge in [0.05, 0.1) is 22.4 Å². The second kappa shape index (κ2) is 11.5. The van der Waals surface area contributed by atoms with Gasteiger partial charge in [-0.15, -0.1) is 11.3 Å². The van der Waals surface area contributed by atoms with Crippen LogP contribution >= 0.6 is 11.3 Å². The summed E-state index contributed by atoms with van der Waals surface area (Å²) in [6.07, 6.45) is 0. The van der Waals surface area contributed by atoms with Gasteiger partial charge in [0.2, 0.25) is 0 Å². The molecule has 0 radical (unpaired) electrons. The Bertz CT molecular complexity index is 3100. The first-order valence-electron chi connectivity index (χ1n) is 17.6. The first-order chi connectivity index (χ1) is 25.8. The number of thiophene rings is 1. The second-order valence-corrected chi connectivity index (χ2v) is 14.4. The molecule has 0 atom stereocenters. The third-order valence-electron chi connectivity index (χ3n) is 10.4. The molecule has 11 aromatic rings. The molecule has 0 saturated carbocycles. The van der Waals surface area contributed by atoms with Crippen LogP contribution in [-0.2, 0) is 0 Å². The fourth-order valence-corrected chi connectivity index (χ4v) is 9.32. The van der Waals surface area contributed by atoms with Crippen LogP contribution in [0.2, 0.25) is 0 Å². The van der Waals surface area contributed by atoms with Gasteiger partial charge in [0.25, 0.3) is 0 Å². The Kier molecular flexibility index (Phi) is 6.42. The molecule has 52 heavy (non-hydrogen) atoms. The monoisotopic (exact) mass is 679 g/mol. The van der Waals surface area contributed by atoms with E-state index in [1.54, 1.807) is 0 Å². The molecule has 0 aliphatic rings. The van der Waals surface area contributed by atoms with Gasteiger partial charge >= 0.3 is 0 Å². The maximum atomic E-state index is 5.11. The third-order valence-corrected chi connectivity index (χ3v) is 11.6. The summed E-state index contributed by atoms with van der Waals surface area (Å²) in [6.45, 7) is 0. The minimum atomic E-state index is 0.717. The van der Waals surface area contributed by atoms with Crippen LogP contribution in [0.1, 0.15) is 0 Å². The maximum absolute atomic E-state index is 5.11. The van der Waals surface area contributed by atoms with E-state index in [1.165, 1.54) is 63.5 Å². The molecule has 3 nitrogen and oxygen atoms in total. The standard InChI is InChI=1S/C48H29N3S/c1-3-14-31(15-4-1)39-29-40(50-48(49-39)33-16-5-2-6-17-33)32-23-26-34(27-24-32)51-41-28-25-30-13-7-8-18-35(30)44(41)45-46(51)37-20-10-9-19-36(37)43-38-21-11-12-22-42(38)52-47(43)45/h1-29H. The van der Waals surface area contributed by atoms with Crippen molar-refractivity contribution in [2.75, 3.05) is 0 Å². The molecule has 242 valence electrons. The van der Waals surface area contributed by atoms with Gasteiger partial charge in [0, 0.05) is 58.7 Å². The summed E-state index contributed by atoms with van der Waals surface area (Å²) in [6, 6.07) is 62.8. The van der Waals surface area contributed by atoms with Crippen molar-refractivity contribution in [3.8, 4) is 39.6 Å². The van der Waals surface area contributed by atoms with Crippen LogP contribution in [0.25, 0.3) is 103 Å². The first-order valence-corrected chi connectivity index (χ1v) is 18.4. The van der Waals surface area contributed by atoms with Crippen LogP contribution in [0, 0.1) is 0 Å². The predicted octanol–water partition coefficient (Wildman–Crippen LogP) is 13.2. The molecule has 3 aromatic heterocycles. The highest BCUT2D eigenvalue weighted by Crippen LogP contribution is 2.49. The van der Waals surface area contributed by atoms with E-state index in [1.807, 2.05) is 35.6 Å². The van der Waals surface area contributed by atoms with Gasteiger partial charge in [-0.1, -0.05) is 146 Å². The smallest absolute Gasteiger partial charge is 0.160 e. The third kappa shape index (κ3) is 4.38. The summed E-state index contributed by atoms with van der Waals surface area (Å²) in [5.74, 6) is 0.717. The summed E-state index contributed by atoms with van der Waals surface area (Å²) >= 11 is 1.91. The van der Waals surface area contributed by atoms with Crippen LogP contribution in [0.15, 0.2) is 176 Å². The normalized spacial score (nSPS) is 11.8. The summed E-state index contributed by atoms with van der Waals surface area (Å²) in [7, 11) is 0. The van der Waals surface area contributed by atoms with Crippen molar-refractivity contribution in [3.63, 3.8) is 0 Å². The molecule has 3 heterocycles. The van der Waals surface area contributed by atoms with E-state index in [4.69, 9.17) is 9.97 Å². The van der Waals surface area contributed by atoms with Crippen molar-refractivity contribution in [1.29, 1.82) is 0 Å². The van der Waals surface area contributed by atoms with Gasteiger partial charge in [-0.2, -0.15) is 0 Å². The number of rotatable bonds is 4. The fraction of sp³-hybridized carbons (Fsp3) is 0. The van der Waals surface area contributed by atoms with Crippen LogP contribution in [-0.4, -0.2) is 14.5 Å². The van der Waals surface area contributed by atoms with E-state index in [0.29, 0.717) is 5.82 Å². The van der Waals surface area contributed by atoms with Crippen LogP contribution in [0.3, 0.4) is 0 Å². The molecule has 0 fully saturated rings. The topological polar surface area (TPSA) is 30.7 Å². The lowest BCUT2D eigenvalue weighted by Gasteiger charge is -2.13. The van der Waals surface area contributed by atoms with E-state index in [-0.39, 0.29) is 0 Å². The molecule has 0 aliphatic heterocycles. The quantitative estimate of drug-likeness (QED) is 0.185. The zero-order valence-corrected chi connectivity index (χ0v) is 28.8. The summed E-state index contributed by atoms with van der Waals surface area (Å²) in [5.41, 5.74) is 8.47. The fourth-order valence-electron chi connectivity index (χ4n) is 8.05. The number of fused-ring (bicyclic) bond motifs is 12. The first kappa shape index (κ1) is 29.1. The number of hydrogen-bond acceptors (Lipinski definition) is 3. The molecule has 8 aromatic carbocycles. The van der Waals surface area contributed by atoms with E-state index in [9.17, 15) is 0 Å². The number of nitrogens with zero attached hydrogens (tertiary/aromatic N) is 3. The number of benzene rings is 8. The Labute approximate surface area is 303 Å². The van der Waals surface area contributed by atoms with Crippen molar-refractivity contribution in [2.45, 2.75) is 0 Å². The SMILES string of the molecule is c1ccc(-c2cc(-c3ccc(-n4c5ccc6ccccc6c5c5c6sc7ccccc7c6c6ccccc6c54)cc3)nc(-c3ccccc3)n2)cc1. The van der Waals surface area contributed by atoms with Gasteiger partial charge in [-0.05, 0) is 46.5 Å².